The minimum absolute atomic E-state index is 0.495. The highest BCUT2D eigenvalue weighted by atomic mass is 79.9. The summed E-state index contributed by atoms with van der Waals surface area (Å²) in [6.45, 7) is 4.46. The van der Waals surface area contributed by atoms with E-state index in [-0.39, 0.29) is 0 Å². The molecule has 1 aromatic carbocycles. The zero-order valence-corrected chi connectivity index (χ0v) is 14.6. The number of nitrogens with zero attached hydrogens (tertiary/aromatic N) is 1. The maximum atomic E-state index is 3.80. The maximum absolute atomic E-state index is 3.80. The van der Waals surface area contributed by atoms with Crippen molar-refractivity contribution in [2.75, 3.05) is 18.9 Å². The summed E-state index contributed by atoms with van der Waals surface area (Å²) in [4.78, 5) is 2.52. The second-order valence-corrected chi connectivity index (χ2v) is 7.27. The first-order chi connectivity index (χ1) is 9.63. The molecular formula is C18H28BrN. The molecule has 1 fully saturated rings. The van der Waals surface area contributed by atoms with Crippen LogP contribution in [0.5, 0.6) is 0 Å². The van der Waals surface area contributed by atoms with E-state index in [1.807, 2.05) is 0 Å². The molecule has 0 amide bonds. The smallest absolute Gasteiger partial charge is 0.0231 e. The number of rotatable bonds is 5. The lowest BCUT2D eigenvalue weighted by molar-refractivity contribution is 0.171. The summed E-state index contributed by atoms with van der Waals surface area (Å²) in [6, 6.07) is 8.90. The van der Waals surface area contributed by atoms with Crippen LogP contribution in [0.15, 0.2) is 24.3 Å². The van der Waals surface area contributed by atoms with Crippen molar-refractivity contribution in [3.63, 3.8) is 0 Å². The molecule has 2 rings (SSSR count). The number of hydrogen-bond donors (Lipinski definition) is 0. The van der Waals surface area contributed by atoms with Gasteiger partial charge in [-0.2, -0.15) is 0 Å². The summed E-state index contributed by atoms with van der Waals surface area (Å²) in [5, 5.41) is 1.15. The van der Waals surface area contributed by atoms with E-state index in [1.165, 1.54) is 56.2 Å². The van der Waals surface area contributed by atoms with E-state index in [0.717, 1.165) is 11.9 Å². The Labute approximate surface area is 132 Å². The quantitative estimate of drug-likeness (QED) is 0.529. The van der Waals surface area contributed by atoms with Gasteiger partial charge in [0.05, 0.1) is 0 Å². The molecule has 0 atom stereocenters. The highest BCUT2D eigenvalue weighted by Gasteiger charge is 2.30. The van der Waals surface area contributed by atoms with E-state index >= 15 is 0 Å². The number of aryl methyl sites for hydroxylation is 1. The van der Waals surface area contributed by atoms with Crippen molar-refractivity contribution in [1.82, 2.24) is 4.90 Å². The van der Waals surface area contributed by atoms with Crippen LogP contribution < -0.4 is 0 Å². The Morgan fingerprint density at radius 2 is 1.85 bits per heavy atom. The monoisotopic (exact) mass is 337 g/mol. The van der Waals surface area contributed by atoms with Crippen LogP contribution in [0.1, 0.15) is 49.7 Å². The molecule has 0 unspecified atom stereocenters. The fraction of sp³-hybridized carbons (Fsp3) is 0.667. The first kappa shape index (κ1) is 16.0. The molecule has 0 spiro atoms. The Kier molecular flexibility index (Phi) is 6.10. The van der Waals surface area contributed by atoms with Crippen LogP contribution in [0.3, 0.4) is 0 Å². The van der Waals surface area contributed by atoms with E-state index in [1.54, 1.807) is 0 Å². The van der Waals surface area contributed by atoms with Crippen molar-refractivity contribution < 1.29 is 0 Å². The van der Waals surface area contributed by atoms with E-state index in [0.29, 0.717) is 5.41 Å². The molecule has 0 saturated heterocycles. The van der Waals surface area contributed by atoms with Gasteiger partial charge < -0.3 is 4.90 Å². The number of hydrogen-bond acceptors (Lipinski definition) is 1. The fourth-order valence-electron chi connectivity index (χ4n) is 3.56. The lowest BCUT2D eigenvalue weighted by Gasteiger charge is -2.35. The van der Waals surface area contributed by atoms with E-state index in [9.17, 15) is 0 Å². The predicted molar refractivity (Wildman–Crippen MR) is 91.4 cm³/mol. The summed E-state index contributed by atoms with van der Waals surface area (Å²) >= 11 is 3.80. The minimum Gasteiger partial charge on any atom is -0.302 e. The topological polar surface area (TPSA) is 3.24 Å². The second kappa shape index (κ2) is 7.61. The zero-order chi connectivity index (χ0) is 14.4. The molecule has 112 valence electrons. The Bertz CT molecular complexity index is 408. The molecule has 0 N–H and O–H groups in total. The van der Waals surface area contributed by atoms with Crippen molar-refractivity contribution in [2.45, 2.75) is 52.0 Å². The molecule has 1 aromatic rings. The molecule has 0 aliphatic heterocycles. The van der Waals surface area contributed by atoms with E-state index in [2.05, 4.69) is 59.1 Å². The molecule has 1 nitrogen and oxygen atoms in total. The molecule has 1 saturated carbocycles. The summed E-state index contributed by atoms with van der Waals surface area (Å²) in [5.41, 5.74) is 3.29. The van der Waals surface area contributed by atoms with Gasteiger partial charge in [-0.1, -0.05) is 71.4 Å². The minimum atomic E-state index is 0.495. The summed E-state index contributed by atoms with van der Waals surface area (Å²) in [6.07, 6.45) is 8.44. The van der Waals surface area contributed by atoms with Crippen molar-refractivity contribution in [1.29, 1.82) is 0 Å². The molecule has 0 aromatic heterocycles. The standard InChI is InChI=1S/C18H28BrN/c1-16-8-7-9-17(12-16)13-20(2)15-18(14-19)10-5-3-4-6-11-18/h7-9,12H,3-6,10-11,13-15H2,1-2H3. The first-order valence-electron chi connectivity index (χ1n) is 7.94. The van der Waals surface area contributed by atoms with Gasteiger partial charge in [-0.05, 0) is 37.8 Å². The van der Waals surface area contributed by atoms with Crippen molar-refractivity contribution >= 4 is 15.9 Å². The highest BCUT2D eigenvalue weighted by Crippen LogP contribution is 2.37. The molecule has 1 aliphatic carbocycles. The molecule has 20 heavy (non-hydrogen) atoms. The Hall–Kier alpha value is -0.340. The molecule has 0 bridgehead atoms. The summed E-state index contributed by atoms with van der Waals surface area (Å²) in [7, 11) is 2.28. The number of benzene rings is 1. The van der Waals surface area contributed by atoms with Crippen LogP contribution >= 0.6 is 15.9 Å². The van der Waals surface area contributed by atoms with Crippen LogP contribution in [0.2, 0.25) is 0 Å². The van der Waals surface area contributed by atoms with Gasteiger partial charge in [-0.25, -0.2) is 0 Å². The van der Waals surface area contributed by atoms with E-state index < -0.39 is 0 Å². The van der Waals surface area contributed by atoms with E-state index in [4.69, 9.17) is 0 Å². The largest absolute Gasteiger partial charge is 0.302 e. The average Bonchev–Trinajstić information content (AvgIpc) is 2.65. The van der Waals surface area contributed by atoms with Gasteiger partial charge in [0.2, 0.25) is 0 Å². The SMILES string of the molecule is Cc1cccc(CN(C)CC2(CBr)CCCCCC2)c1. The normalized spacial score (nSPS) is 19.0. The summed E-state index contributed by atoms with van der Waals surface area (Å²) < 4.78 is 0. The van der Waals surface area contributed by atoms with Crippen molar-refractivity contribution in [3.05, 3.63) is 35.4 Å². The third-order valence-corrected chi connectivity index (χ3v) is 5.78. The van der Waals surface area contributed by atoms with Crippen molar-refractivity contribution in [3.8, 4) is 0 Å². The van der Waals surface area contributed by atoms with Crippen LogP contribution in [0, 0.1) is 12.3 Å². The zero-order valence-electron chi connectivity index (χ0n) is 13.0. The Morgan fingerprint density at radius 1 is 1.15 bits per heavy atom. The number of halogens is 1. The fourth-order valence-corrected chi connectivity index (χ4v) is 4.30. The molecule has 1 aliphatic rings. The van der Waals surface area contributed by atoms with Gasteiger partial charge in [0.25, 0.3) is 0 Å². The van der Waals surface area contributed by atoms with Crippen molar-refractivity contribution in [2.24, 2.45) is 5.41 Å². The molecule has 0 heterocycles. The van der Waals surface area contributed by atoms with Crippen LogP contribution in [0.25, 0.3) is 0 Å². The Morgan fingerprint density at radius 3 is 2.45 bits per heavy atom. The third kappa shape index (κ3) is 4.60. The van der Waals surface area contributed by atoms with Gasteiger partial charge in [0.15, 0.2) is 0 Å². The Balaban J connectivity index is 1.96. The molecular weight excluding hydrogens is 310 g/mol. The molecule has 0 radical (unpaired) electrons. The maximum Gasteiger partial charge on any atom is 0.0231 e. The van der Waals surface area contributed by atoms with Crippen LogP contribution in [-0.2, 0) is 6.54 Å². The van der Waals surface area contributed by atoms with Gasteiger partial charge in [0.1, 0.15) is 0 Å². The number of alkyl halides is 1. The van der Waals surface area contributed by atoms with Gasteiger partial charge >= 0.3 is 0 Å². The van der Waals surface area contributed by atoms with Crippen LogP contribution in [-0.4, -0.2) is 23.8 Å². The lowest BCUT2D eigenvalue weighted by atomic mass is 9.82. The average molecular weight is 338 g/mol. The van der Waals surface area contributed by atoms with Gasteiger partial charge in [0, 0.05) is 18.4 Å². The summed E-state index contributed by atoms with van der Waals surface area (Å²) in [5.74, 6) is 0. The van der Waals surface area contributed by atoms with Gasteiger partial charge in [-0.3, -0.25) is 0 Å². The molecule has 2 heteroatoms. The lowest BCUT2D eigenvalue weighted by Crippen LogP contribution is -2.36. The van der Waals surface area contributed by atoms with Gasteiger partial charge in [-0.15, -0.1) is 0 Å². The highest BCUT2D eigenvalue weighted by molar-refractivity contribution is 9.09. The predicted octanol–water partition coefficient (Wildman–Crippen LogP) is 5.16. The second-order valence-electron chi connectivity index (χ2n) is 6.71. The van der Waals surface area contributed by atoms with Crippen LogP contribution in [0.4, 0.5) is 0 Å². The first-order valence-corrected chi connectivity index (χ1v) is 9.06. The third-order valence-electron chi connectivity index (χ3n) is 4.59.